The second-order valence-electron chi connectivity index (χ2n) is 7.40. The Balaban J connectivity index is 2.23. The maximum Gasteiger partial charge on any atom is 0.247 e. The molecule has 3 heteroatoms. The van der Waals surface area contributed by atoms with Gasteiger partial charge < -0.3 is 0 Å². The van der Waals surface area contributed by atoms with Gasteiger partial charge in [0.05, 0.1) is 11.4 Å². The van der Waals surface area contributed by atoms with Crippen molar-refractivity contribution in [3.05, 3.63) is 41.6 Å². The van der Waals surface area contributed by atoms with Crippen LogP contribution >= 0.6 is 0 Å². The Morgan fingerprint density at radius 3 is 2.58 bits per heavy atom. The van der Waals surface area contributed by atoms with Crippen molar-refractivity contribution in [3.8, 4) is 11.3 Å². The zero-order valence-corrected chi connectivity index (χ0v) is 15.2. The molecule has 0 fully saturated rings. The highest BCUT2D eigenvalue weighted by Gasteiger charge is 2.34. The van der Waals surface area contributed by atoms with Crippen molar-refractivity contribution in [2.24, 2.45) is 5.92 Å². The predicted molar refractivity (Wildman–Crippen MR) is 98.4 cm³/mol. The van der Waals surface area contributed by atoms with Crippen LogP contribution in [0.25, 0.3) is 11.3 Å². The van der Waals surface area contributed by atoms with Crippen LogP contribution in [0.5, 0.6) is 0 Å². The van der Waals surface area contributed by atoms with Gasteiger partial charge in [-0.2, -0.15) is 9.78 Å². The molecule has 0 N–H and O–H groups in total. The summed E-state index contributed by atoms with van der Waals surface area (Å²) in [6.07, 6.45) is 3.73. The van der Waals surface area contributed by atoms with E-state index in [1.165, 1.54) is 18.4 Å². The first-order valence-corrected chi connectivity index (χ1v) is 9.26. The second-order valence-corrected chi connectivity index (χ2v) is 7.40. The second kappa shape index (κ2) is 6.92. The van der Waals surface area contributed by atoms with Crippen LogP contribution < -0.4 is 0 Å². The van der Waals surface area contributed by atoms with Gasteiger partial charge in [0.1, 0.15) is 0 Å². The number of hydrogen-bond acceptors (Lipinski definition) is 2. The summed E-state index contributed by atoms with van der Waals surface area (Å²) in [6, 6.07) is 10.3. The number of aromatic nitrogens is 2. The van der Waals surface area contributed by atoms with Gasteiger partial charge in [0.2, 0.25) is 5.91 Å². The number of hydrogen-bond donors (Lipinski definition) is 0. The highest BCUT2D eigenvalue weighted by atomic mass is 16.2. The van der Waals surface area contributed by atoms with Crippen LogP contribution in [0.4, 0.5) is 0 Å². The lowest BCUT2D eigenvalue weighted by Gasteiger charge is -2.28. The molecule has 128 valence electrons. The van der Waals surface area contributed by atoms with E-state index in [-0.39, 0.29) is 5.91 Å². The molecule has 2 aromatic rings. The number of rotatable bonds is 4. The summed E-state index contributed by atoms with van der Waals surface area (Å²) >= 11 is 0. The minimum Gasteiger partial charge on any atom is -0.273 e. The van der Waals surface area contributed by atoms with Gasteiger partial charge in [-0.15, -0.1) is 0 Å². The molecule has 24 heavy (non-hydrogen) atoms. The van der Waals surface area contributed by atoms with Crippen LogP contribution in [0.15, 0.2) is 30.3 Å². The number of carbonyl (C=O) groups excluding carboxylic acids is 1. The van der Waals surface area contributed by atoms with Crippen LogP contribution in [0.2, 0.25) is 0 Å². The Bertz CT molecular complexity index is 715. The highest BCUT2D eigenvalue weighted by Crippen LogP contribution is 2.45. The molecule has 0 radical (unpaired) electrons. The summed E-state index contributed by atoms with van der Waals surface area (Å²) in [5, 5.41) is 4.87. The summed E-state index contributed by atoms with van der Waals surface area (Å²) in [7, 11) is 0. The van der Waals surface area contributed by atoms with Crippen molar-refractivity contribution < 1.29 is 4.79 Å². The summed E-state index contributed by atoms with van der Waals surface area (Å²) in [5.41, 5.74) is 4.59. The number of carbonyl (C=O) groups is 1. The SMILES string of the molecule is CCCC(=O)n1nc2c(c1-c1ccccc1)[C@H](C)CC[C@@H]2C(C)C. The molecule has 1 heterocycles. The van der Waals surface area contributed by atoms with Crippen molar-refractivity contribution in [3.63, 3.8) is 0 Å². The lowest BCUT2D eigenvalue weighted by Crippen LogP contribution is -2.17. The molecular formula is C21H28N2O. The largest absolute Gasteiger partial charge is 0.273 e. The Hall–Kier alpha value is -1.90. The first-order chi connectivity index (χ1) is 11.5. The van der Waals surface area contributed by atoms with E-state index >= 15 is 0 Å². The van der Waals surface area contributed by atoms with Crippen LogP contribution in [-0.2, 0) is 0 Å². The molecule has 3 nitrogen and oxygen atoms in total. The molecule has 2 atom stereocenters. The van der Waals surface area contributed by atoms with E-state index in [0.29, 0.717) is 24.2 Å². The Labute approximate surface area is 145 Å². The minimum atomic E-state index is 0.112. The van der Waals surface area contributed by atoms with Crippen molar-refractivity contribution in [1.29, 1.82) is 0 Å². The smallest absolute Gasteiger partial charge is 0.247 e. The molecule has 0 unspecified atom stereocenters. The van der Waals surface area contributed by atoms with E-state index < -0.39 is 0 Å². The molecule has 1 aliphatic carbocycles. The Kier molecular flexibility index (Phi) is 4.88. The predicted octanol–water partition coefficient (Wildman–Crippen LogP) is 5.63. The Morgan fingerprint density at radius 2 is 1.96 bits per heavy atom. The van der Waals surface area contributed by atoms with Gasteiger partial charge >= 0.3 is 0 Å². The van der Waals surface area contributed by atoms with Gasteiger partial charge in [0.25, 0.3) is 0 Å². The molecule has 0 spiro atoms. The van der Waals surface area contributed by atoms with Gasteiger partial charge in [-0.1, -0.05) is 58.0 Å². The molecule has 0 aliphatic heterocycles. The Morgan fingerprint density at radius 1 is 1.25 bits per heavy atom. The fraction of sp³-hybridized carbons (Fsp3) is 0.524. The standard InChI is InChI=1S/C21H28N2O/c1-5-9-18(24)23-21(16-10-7-6-8-11-16)19-15(4)12-13-17(14(2)3)20(19)22-23/h6-8,10-11,14-15,17H,5,9,12-13H2,1-4H3/t15-,17-/m1/s1. The van der Waals surface area contributed by atoms with Crippen LogP contribution in [-0.4, -0.2) is 15.7 Å². The molecule has 0 saturated heterocycles. The maximum atomic E-state index is 12.7. The molecule has 0 bridgehead atoms. The van der Waals surface area contributed by atoms with Crippen LogP contribution in [0.1, 0.15) is 81.3 Å². The van der Waals surface area contributed by atoms with Gasteiger partial charge in [-0.05, 0) is 31.1 Å². The topological polar surface area (TPSA) is 34.9 Å². The van der Waals surface area contributed by atoms with Gasteiger partial charge in [0.15, 0.2) is 0 Å². The molecule has 1 aromatic carbocycles. The zero-order chi connectivity index (χ0) is 17.3. The summed E-state index contributed by atoms with van der Waals surface area (Å²) in [6.45, 7) is 8.85. The molecule has 0 saturated carbocycles. The lowest BCUT2D eigenvalue weighted by molar-refractivity contribution is 0.0887. The molecule has 0 amide bonds. The normalized spacial score (nSPS) is 20.2. The fourth-order valence-corrected chi connectivity index (χ4v) is 3.94. The zero-order valence-electron chi connectivity index (χ0n) is 15.2. The van der Waals surface area contributed by atoms with Crippen molar-refractivity contribution in [1.82, 2.24) is 9.78 Å². The van der Waals surface area contributed by atoms with E-state index in [1.807, 2.05) is 25.1 Å². The third kappa shape index (κ3) is 2.92. The van der Waals surface area contributed by atoms with Crippen molar-refractivity contribution >= 4 is 5.91 Å². The number of nitrogens with zero attached hydrogens (tertiary/aromatic N) is 2. The van der Waals surface area contributed by atoms with E-state index in [1.54, 1.807) is 4.68 Å². The molecule has 3 rings (SSSR count). The lowest BCUT2D eigenvalue weighted by atomic mass is 9.75. The van der Waals surface area contributed by atoms with Gasteiger partial charge in [-0.25, -0.2) is 0 Å². The summed E-state index contributed by atoms with van der Waals surface area (Å²) < 4.78 is 1.71. The van der Waals surface area contributed by atoms with Gasteiger partial charge in [-0.3, -0.25) is 4.79 Å². The molecule has 1 aliphatic rings. The third-order valence-electron chi connectivity index (χ3n) is 5.26. The van der Waals surface area contributed by atoms with Crippen LogP contribution in [0.3, 0.4) is 0 Å². The van der Waals surface area contributed by atoms with E-state index in [4.69, 9.17) is 5.10 Å². The maximum absolute atomic E-state index is 12.7. The number of benzene rings is 1. The molecular weight excluding hydrogens is 296 g/mol. The van der Waals surface area contributed by atoms with Crippen molar-refractivity contribution in [2.75, 3.05) is 0 Å². The highest BCUT2D eigenvalue weighted by molar-refractivity contribution is 5.85. The van der Waals surface area contributed by atoms with Gasteiger partial charge in [0, 0.05) is 23.5 Å². The average molecular weight is 324 g/mol. The monoisotopic (exact) mass is 324 g/mol. The third-order valence-corrected chi connectivity index (χ3v) is 5.26. The first-order valence-electron chi connectivity index (χ1n) is 9.26. The summed E-state index contributed by atoms with van der Waals surface area (Å²) in [4.78, 5) is 12.7. The van der Waals surface area contributed by atoms with E-state index in [2.05, 4.69) is 32.9 Å². The van der Waals surface area contributed by atoms with E-state index in [9.17, 15) is 4.79 Å². The fourth-order valence-electron chi connectivity index (χ4n) is 3.94. The average Bonchev–Trinajstić information content (AvgIpc) is 2.97. The first kappa shape index (κ1) is 16.9. The molecule has 1 aromatic heterocycles. The van der Waals surface area contributed by atoms with Crippen molar-refractivity contribution in [2.45, 2.75) is 65.2 Å². The summed E-state index contributed by atoms with van der Waals surface area (Å²) in [5.74, 6) is 1.56. The van der Waals surface area contributed by atoms with Crippen LogP contribution in [0, 0.1) is 5.92 Å². The number of fused-ring (bicyclic) bond motifs is 1. The van der Waals surface area contributed by atoms with E-state index in [0.717, 1.165) is 23.4 Å². The quantitative estimate of drug-likeness (QED) is 0.731. The minimum absolute atomic E-state index is 0.112.